The zero-order chi connectivity index (χ0) is 25.6. The Morgan fingerprint density at radius 2 is 1.94 bits per heavy atom. The number of hydrogen-bond acceptors (Lipinski definition) is 5. The number of pyridine rings is 1. The molecule has 1 aliphatic rings. The fourth-order valence-electron chi connectivity index (χ4n) is 4.03. The number of benzene rings is 1. The quantitative estimate of drug-likeness (QED) is 0.360. The lowest BCUT2D eigenvalue weighted by atomic mass is 9.96. The van der Waals surface area contributed by atoms with Crippen molar-refractivity contribution in [3.63, 3.8) is 0 Å². The lowest BCUT2D eigenvalue weighted by Crippen LogP contribution is -2.44. The minimum Gasteiger partial charge on any atom is -0.414 e. The predicted octanol–water partition coefficient (Wildman–Crippen LogP) is 6.66. The third-order valence-corrected chi connectivity index (χ3v) is 15.1. The molecule has 0 saturated heterocycles. The maximum Gasteiger partial charge on any atom is 0.255 e. The van der Waals surface area contributed by atoms with E-state index in [1.807, 2.05) is 6.07 Å². The molecule has 2 heterocycles. The monoisotopic (exact) mass is 533 g/mol. The highest BCUT2D eigenvalue weighted by Gasteiger charge is 2.39. The van der Waals surface area contributed by atoms with Crippen molar-refractivity contribution >= 4 is 45.8 Å². The number of thiophene rings is 1. The second-order valence-electron chi connectivity index (χ2n) is 10.7. The van der Waals surface area contributed by atoms with Crippen LogP contribution in [0.15, 0.2) is 51.6 Å². The van der Waals surface area contributed by atoms with Gasteiger partial charge in [-0.05, 0) is 78.7 Å². The van der Waals surface area contributed by atoms with Crippen LogP contribution in [0.2, 0.25) is 18.1 Å². The summed E-state index contributed by atoms with van der Waals surface area (Å²) in [4.78, 5) is 15.5. The Morgan fingerprint density at radius 3 is 2.60 bits per heavy atom. The molecule has 0 aliphatic heterocycles. The van der Waals surface area contributed by atoms with Gasteiger partial charge in [-0.3, -0.25) is 4.79 Å². The summed E-state index contributed by atoms with van der Waals surface area (Å²) in [6, 6.07) is 7.57. The molecule has 0 spiro atoms. The molecule has 2 aromatic heterocycles. The predicted molar refractivity (Wildman–Crippen MR) is 144 cm³/mol. The Bertz CT molecular complexity index is 1450. The van der Waals surface area contributed by atoms with Crippen molar-refractivity contribution in [3.8, 4) is 0 Å². The Kier molecular flexibility index (Phi) is 7.00. The van der Waals surface area contributed by atoms with Gasteiger partial charge in [0, 0.05) is 28.1 Å². The molecule has 9 heteroatoms. The average Bonchev–Trinajstić information content (AvgIpc) is 3.26. The van der Waals surface area contributed by atoms with Gasteiger partial charge < -0.3 is 9.41 Å². The molecule has 1 atom stereocenters. The number of halogens is 1. The molecule has 0 fully saturated rings. The van der Waals surface area contributed by atoms with Crippen molar-refractivity contribution in [1.29, 1.82) is 0 Å². The number of rotatable bonds is 6. The van der Waals surface area contributed by atoms with Crippen LogP contribution in [0.4, 0.5) is 4.39 Å². The van der Waals surface area contributed by atoms with Gasteiger partial charge in [-0.15, -0.1) is 11.3 Å². The largest absolute Gasteiger partial charge is 0.414 e. The van der Waals surface area contributed by atoms with Crippen LogP contribution in [0.1, 0.15) is 50.5 Å². The Balaban J connectivity index is 1.50. The van der Waals surface area contributed by atoms with Crippen LogP contribution in [0.3, 0.4) is 0 Å². The average molecular weight is 534 g/mol. The van der Waals surface area contributed by atoms with Gasteiger partial charge in [-0.1, -0.05) is 26.8 Å². The van der Waals surface area contributed by atoms with E-state index in [-0.39, 0.29) is 31.9 Å². The van der Waals surface area contributed by atoms with Crippen LogP contribution in [-0.4, -0.2) is 27.8 Å². The van der Waals surface area contributed by atoms with Crippen LogP contribution in [-0.2, 0) is 20.0 Å². The Morgan fingerprint density at radius 1 is 1.20 bits per heavy atom. The highest BCUT2D eigenvalue weighted by Crippen LogP contribution is 2.40. The lowest BCUT2D eigenvalue weighted by Gasteiger charge is -2.40. The number of allylic oxidation sites excluding steroid dienone is 1. The standard InChI is InChI=1S/C26H32FNO4S2Si/c1-26(2,3)35(4,5)32-20-8-6-17(7-9-20)23-10-11-24(33-23)34(30,31)16-19-14-21-18(15-22(19)27)12-13-28-25(21)29/h6,10-15,20H,7-9,16H2,1-5H3,(H,28,29). The first-order chi connectivity index (χ1) is 16.3. The van der Waals surface area contributed by atoms with E-state index in [2.05, 4.69) is 44.9 Å². The van der Waals surface area contributed by atoms with Gasteiger partial charge in [0.15, 0.2) is 18.2 Å². The van der Waals surface area contributed by atoms with E-state index >= 15 is 0 Å². The zero-order valence-electron chi connectivity index (χ0n) is 20.8. The topological polar surface area (TPSA) is 76.2 Å². The molecule has 0 radical (unpaired) electrons. The molecule has 1 unspecified atom stereocenters. The fourth-order valence-corrected chi connectivity index (χ4v) is 8.24. The maximum atomic E-state index is 14.6. The number of aromatic amines is 1. The minimum absolute atomic E-state index is 0.00773. The summed E-state index contributed by atoms with van der Waals surface area (Å²) in [6.45, 7) is 11.2. The first-order valence-electron chi connectivity index (χ1n) is 11.8. The molecule has 1 aliphatic carbocycles. The maximum absolute atomic E-state index is 14.6. The normalized spacial score (nSPS) is 17.5. The van der Waals surface area contributed by atoms with E-state index in [4.69, 9.17) is 4.43 Å². The summed E-state index contributed by atoms with van der Waals surface area (Å²) in [5, 5.41) is 0.866. The summed E-state index contributed by atoms with van der Waals surface area (Å²) in [5.74, 6) is -1.13. The molecule has 3 aromatic rings. The van der Waals surface area contributed by atoms with Gasteiger partial charge in [0.2, 0.25) is 0 Å². The van der Waals surface area contributed by atoms with Gasteiger partial charge in [0.05, 0.1) is 5.75 Å². The van der Waals surface area contributed by atoms with Crippen molar-refractivity contribution in [3.05, 3.63) is 69.2 Å². The van der Waals surface area contributed by atoms with E-state index in [1.165, 1.54) is 29.7 Å². The summed E-state index contributed by atoms with van der Waals surface area (Å²) in [6.07, 6.45) is 6.37. The molecule has 0 saturated carbocycles. The number of nitrogens with one attached hydrogen (secondary N) is 1. The summed E-state index contributed by atoms with van der Waals surface area (Å²) < 4.78 is 47.6. The van der Waals surface area contributed by atoms with Crippen LogP contribution in [0, 0.1) is 5.82 Å². The molecule has 188 valence electrons. The van der Waals surface area contributed by atoms with Gasteiger partial charge in [-0.2, -0.15) is 0 Å². The van der Waals surface area contributed by atoms with E-state index in [0.717, 1.165) is 29.7 Å². The summed E-state index contributed by atoms with van der Waals surface area (Å²) in [5.41, 5.74) is 0.751. The van der Waals surface area contributed by atoms with Crippen LogP contribution >= 0.6 is 11.3 Å². The zero-order valence-corrected chi connectivity index (χ0v) is 23.4. The summed E-state index contributed by atoms with van der Waals surface area (Å²) in [7, 11) is -5.60. The highest BCUT2D eigenvalue weighted by molar-refractivity contribution is 7.92. The van der Waals surface area contributed by atoms with E-state index in [1.54, 1.807) is 12.1 Å². The molecule has 5 nitrogen and oxygen atoms in total. The van der Waals surface area contributed by atoms with Crippen LogP contribution in [0.25, 0.3) is 16.3 Å². The van der Waals surface area contributed by atoms with Gasteiger partial charge in [0.25, 0.3) is 5.56 Å². The number of sulfone groups is 1. The van der Waals surface area contributed by atoms with Crippen LogP contribution in [0.5, 0.6) is 0 Å². The van der Waals surface area contributed by atoms with Crippen molar-refractivity contribution in [2.75, 3.05) is 0 Å². The fraction of sp³-hybridized carbons (Fsp3) is 0.423. The summed E-state index contributed by atoms with van der Waals surface area (Å²) >= 11 is 1.22. The van der Waals surface area contributed by atoms with Crippen molar-refractivity contribution in [2.24, 2.45) is 0 Å². The second kappa shape index (κ2) is 9.42. The lowest BCUT2D eigenvalue weighted by molar-refractivity contribution is 0.172. The van der Waals surface area contributed by atoms with E-state index in [9.17, 15) is 17.6 Å². The molecule has 0 amide bonds. The van der Waals surface area contributed by atoms with E-state index in [0.29, 0.717) is 5.39 Å². The third-order valence-electron chi connectivity index (χ3n) is 7.12. The van der Waals surface area contributed by atoms with E-state index < -0.39 is 29.7 Å². The number of aromatic nitrogens is 1. The molecule has 0 bridgehead atoms. The molecular formula is C26H32FNO4S2Si. The van der Waals surface area contributed by atoms with Gasteiger partial charge in [-0.25, -0.2) is 12.8 Å². The van der Waals surface area contributed by atoms with Crippen molar-refractivity contribution in [2.45, 2.75) is 74.2 Å². The van der Waals surface area contributed by atoms with Gasteiger partial charge >= 0.3 is 0 Å². The molecule has 1 aromatic carbocycles. The first-order valence-corrected chi connectivity index (χ1v) is 17.1. The van der Waals surface area contributed by atoms with Crippen molar-refractivity contribution < 1.29 is 17.2 Å². The molecule has 4 rings (SSSR count). The second-order valence-corrected chi connectivity index (χ2v) is 18.8. The molecule has 35 heavy (non-hydrogen) atoms. The SMILES string of the molecule is CC(C)(C)[Si](C)(C)OC1CC=C(c2ccc(S(=O)(=O)Cc3cc4c(=O)[nH]ccc4cc3F)s2)CC1. The molecule has 1 N–H and O–H groups in total. The Hall–Kier alpha value is -2.07. The van der Waals surface area contributed by atoms with Gasteiger partial charge in [0.1, 0.15) is 10.0 Å². The first kappa shape index (κ1) is 26.0. The minimum atomic E-state index is -3.77. The van der Waals surface area contributed by atoms with Crippen molar-refractivity contribution in [1.82, 2.24) is 4.98 Å². The van der Waals surface area contributed by atoms with Crippen LogP contribution < -0.4 is 5.56 Å². The third kappa shape index (κ3) is 5.53. The number of H-pyrrole nitrogens is 1. The Labute approximate surface area is 211 Å². The number of hydrogen-bond donors (Lipinski definition) is 1. The number of fused-ring (bicyclic) bond motifs is 1. The highest BCUT2D eigenvalue weighted by atomic mass is 32.2. The smallest absolute Gasteiger partial charge is 0.255 e. The molecular weight excluding hydrogens is 502 g/mol.